The third-order valence-corrected chi connectivity index (χ3v) is 7.17. The first kappa shape index (κ1) is 22.3. The number of aromatic nitrogens is 3. The van der Waals surface area contributed by atoms with Crippen LogP contribution in [0.4, 0.5) is 5.69 Å². The highest BCUT2D eigenvalue weighted by Crippen LogP contribution is 2.33. The average Bonchev–Trinajstić information content (AvgIpc) is 3.52. The highest BCUT2D eigenvalue weighted by Gasteiger charge is 2.16. The predicted octanol–water partition coefficient (Wildman–Crippen LogP) is 3.29. The van der Waals surface area contributed by atoms with Crippen LogP contribution >= 0.6 is 22.7 Å². The van der Waals surface area contributed by atoms with Crippen LogP contribution in [-0.2, 0) is 17.9 Å². The van der Waals surface area contributed by atoms with E-state index in [1.165, 1.54) is 26.8 Å². The lowest BCUT2D eigenvalue weighted by molar-refractivity contribution is -0.116. The second kappa shape index (κ2) is 9.01. The van der Waals surface area contributed by atoms with Crippen LogP contribution in [0.2, 0.25) is 0 Å². The lowest BCUT2D eigenvalue weighted by Gasteiger charge is -2.10. The van der Waals surface area contributed by atoms with Crippen molar-refractivity contribution in [3.8, 4) is 10.4 Å². The summed E-state index contributed by atoms with van der Waals surface area (Å²) in [5, 5.41) is 7.21. The van der Waals surface area contributed by atoms with E-state index in [4.69, 9.17) is 4.42 Å². The van der Waals surface area contributed by atoms with Gasteiger partial charge >= 0.3 is 5.76 Å². The van der Waals surface area contributed by atoms with Gasteiger partial charge in [-0.2, -0.15) is 0 Å². The summed E-state index contributed by atoms with van der Waals surface area (Å²) < 4.78 is 8.15. The van der Waals surface area contributed by atoms with Crippen LogP contribution in [0.3, 0.4) is 0 Å². The van der Waals surface area contributed by atoms with Crippen molar-refractivity contribution in [2.75, 3.05) is 26.0 Å². The molecule has 11 heteroatoms. The van der Waals surface area contributed by atoms with E-state index < -0.39 is 5.76 Å². The Bertz CT molecular complexity index is 1610. The minimum atomic E-state index is -0.441. The van der Waals surface area contributed by atoms with Crippen molar-refractivity contribution >= 4 is 55.6 Å². The molecule has 0 saturated heterocycles. The van der Waals surface area contributed by atoms with Crippen LogP contribution in [0.25, 0.3) is 31.8 Å². The molecule has 0 aliphatic heterocycles. The van der Waals surface area contributed by atoms with Crippen molar-refractivity contribution < 1.29 is 9.21 Å². The number of rotatable bonds is 7. The van der Waals surface area contributed by atoms with Crippen molar-refractivity contribution in [3.05, 3.63) is 68.3 Å². The fraction of sp³-hybridized carbons (Fsp3) is 0.217. The van der Waals surface area contributed by atoms with Crippen LogP contribution in [0, 0.1) is 0 Å². The maximum atomic E-state index is 13.1. The summed E-state index contributed by atoms with van der Waals surface area (Å²) in [5.74, 6) is -0.815. The number of hydrogen-bond donors (Lipinski definition) is 1. The zero-order valence-corrected chi connectivity index (χ0v) is 20.1. The number of amides is 1. The molecule has 4 heterocycles. The molecule has 0 spiro atoms. The van der Waals surface area contributed by atoms with E-state index in [-0.39, 0.29) is 18.0 Å². The molecule has 0 saturated carbocycles. The van der Waals surface area contributed by atoms with E-state index in [2.05, 4.69) is 10.3 Å². The highest BCUT2D eigenvalue weighted by molar-refractivity contribution is 7.18. The largest absolute Gasteiger partial charge is 0.419 e. The molecule has 0 fully saturated rings. The molecule has 1 aromatic carbocycles. The Hall–Kier alpha value is -3.54. The Morgan fingerprint density at radius 2 is 2.06 bits per heavy atom. The smallest absolute Gasteiger partial charge is 0.408 e. The van der Waals surface area contributed by atoms with Gasteiger partial charge in [-0.3, -0.25) is 18.7 Å². The quantitative estimate of drug-likeness (QED) is 0.372. The molecule has 0 atom stereocenters. The summed E-state index contributed by atoms with van der Waals surface area (Å²) >= 11 is 2.96. The van der Waals surface area contributed by atoms with Crippen molar-refractivity contribution in [2.45, 2.75) is 13.1 Å². The van der Waals surface area contributed by atoms with Gasteiger partial charge in [0.05, 0.1) is 17.2 Å². The minimum Gasteiger partial charge on any atom is -0.408 e. The maximum Gasteiger partial charge on any atom is 0.419 e. The first-order valence-corrected chi connectivity index (χ1v) is 12.2. The van der Waals surface area contributed by atoms with E-state index in [1.54, 1.807) is 29.5 Å². The van der Waals surface area contributed by atoms with Gasteiger partial charge in [0.25, 0.3) is 5.56 Å². The van der Waals surface area contributed by atoms with Crippen LogP contribution in [0.5, 0.6) is 0 Å². The Balaban J connectivity index is 1.39. The number of carbonyl (C=O) groups is 1. The predicted molar refractivity (Wildman–Crippen MR) is 135 cm³/mol. The molecule has 0 aliphatic carbocycles. The molecule has 1 N–H and O–H groups in total. The first-order valence-electron chi connectivity index (χ1n) is 10.5. The number of oxazole rings is 1. The number of fused-ring (bicyclic) bond motifs is 2. The normalized spacial score (nSPS) is 11.6. The van der Waals surface area contributed by atoms with Crippen LogP contribution in [-0.4, -0.2) is 45.6 Å². The molecule has 0 radical (unpaired) electrons. The number of thiophene rings is 2. The Labute approximate surface area is 201 Å². The lowest BCUT2D eigenvalue weighted by Crippen LogP contribution is -2.27. The molecule has 9 nitrogen and oxygen atoms in total. The van der Waals surface area contributed by atoms with Gasteiger partial charge in [-0.25, -0.2) is 9.78 Å². The fourth-order valence-corrected chi connectivity index (χ4v) is 5.42. The SMILES string of the molecule is CN(C)CCn1c(=O)oc2ccc(NC(=O)Cn3cnc4scc(-c5cccs5)c4c3=O)cc21. The number of anilines is 1. The third-order valence-electron chi connectivity index (χ3n) is 5.38. The van der Waals surface area contributed by atoms with Gasteiger partial charge in [-0.05, 0) is 43.7 Å². The molecule has 0 bridgehead atoms. The molecule has 0 unspecified atom stereocenters. The van der Waals surface area contributed by atoms with Gasteiger partial charge in [0.15, 0.2) is 5.58 Å². The summed E-state index contributed by atoms with van der Waals surface area (Å²) in [6.07, 6.45) is 1.40. The van der Waals surface area contributed by atoms with Crippen molar-refractivity contribution in [1.82, 2.24) is 19.0 Å². The Morgan fingerprint density at radius 3 is 2.82 bits per heavy atom. The topological polar surface area (TPSA) is 102 Å². The third kappa shape index (κ3) is 4.20. The van der Waals surface area contributed by atoms with Crippen molar-refractivity contribution in [3.63, 3.8) is 0 Å². The Kier molecular flexibility index (Phi) is 5.90. The van der Waals surface area contributed by atoms with Gasteiger partial charge in [-0.1, -0.05) is 6.07 Å². The lowest BCUT2D eigenvalue weighted by atomic mass is 10.2. The molecule has 34 heavy (non-hydrogen) atoms. The van der Waals surface area contributed by atoms with E-state index in [9.17, 15) is 14.4 Å². The van der Waals surface area contributed by atoms with Crippen LogP contribution in [0.15, 0.2) is 61.4 Å². The zero-order chi connectivity index (χ0) is 23.8. The highest BCUT2D eigenvalue weighted by atomic mass is 32.1. The van der Waals surface area contributed by atoms with E-state index >= 15 is 0 Å². The van der Waals surface area contributed by atoms with Crippen LogP contribution in [0.1, 0.15) is 0 Å². The van der Waals surface area contributed by atoms with Gasteiger partial charge in [0.2, 0.25) is 5.91 Å². The van der Waals surface area contributed by atoms with E-state index in [1.807, 2.05) is 41.9 Å². The molecular formula is C23H21N5O4S2. The molecule has 174 valence electrons. The Morgan fingerprint density at radius 1 is 1.21 bits per heavy atom. The number of nitrogens with zero attached hydrogens (tertiary/aromatic N) is 4. The number of benzene rings is 1. The van der Waals surface area contributed by atoms with Crippen molar-refractivity contribution in [1.29, 1.82) is 0 Å². The molecule has 1 amide bonds. The van der Waals surface area contributed by atoms with Gasteiger partial charge in [-0.15, -0.1) is 22.7 Å². The molecule has 4 aromatic heterocycles. The molecule has 0 aliphatic rings. The standard InChI is InChI=1S/C23H21N5O4S2/c1-26(2)7-8-28-16-10-14(5-6-17(16)32-23(28)31)25-19(29)11-27-13-24-21-20(22(27)30)15(12-34-21)18-4-3-9-33-18/h3-6,9-10,12-13H,7-8,11H2,1-2H3,(H,25,29). The second-order valence-corrected chi connectivity index (χ2v) is 9.84. The van der Waals surface area contributed by atoms with Gasteiger partial charge in [0.1, 0.15) is 11.4 Å². The van der Waals surface area contributed by atoms with Gasteiger partial charge in [0, 0.05) is 34.6 Å². The summed E-state index contributed by atoms with van der Waals surface area (Å²) in [6.45, 7) is 0.947. The number of likely N-dealkylation sites (N-methyl/N-ethyl adjacent to an activating group) is 1. The minimum absolute atomic E-state index is 0.182. The van der Waals surface area contributed by atoms with Gasteiger partial charge < -0.3 is 14.6 Å². The average molecular weight is 496 g/mol. The first-order chi connectivity index (χ1) is 16.4. The van der Waals surface area contributed by atoms with E-state index in [0.717, 1.165) is 10.4 Å². The molecule has 5 aromatic rings. The maximum absolute atomic E-state index is 13.1. The van der Waals surface area contributed by atoms with E-state index in [0.29, 0.717) is 40.1 Å². The summed E-state index contributed by atoms with van der Waals surface area (Å²) in [4.78, 5) is 46.1. The fourth-order valence-electron chi connectivity index (χ4n) is 3.70. The zero-order valence-electron chi connectivity index (χ0n) is 18.5. The monoisotopic (exact) mass is 495 g/mol. The van der Waals surface area contributed by atoms with Crippen molar-refractivity contribution in [2.24, 2.45) is 0 Å². The molecular weight excluding hydrogens is 474 g/mol. The summed E-state index contributed by atoms with van der Waals surface area (Å²) in [7, 11) is 3.85. The second-order valence-electron chi connectivity index (χ2n) is 8.04. The number of hydrogen-bond acceptors (Lipinski definition) is 8. The summed E-state index contributed by atoms with van der Waals surface area (Å²) in [6, 6.07) is 8.91. The summed E-state index contributed by atoms with van der Waals surface area (Å²) in [5.41, 5.74) is 2.14. The van der Waals surface area contributed by atoms with Crippen LogP contribution < -0.4 is 16.6 Å². The number of carbonyl (C=O) groups excluding carboxylic acids is 1. The number of nitrogens with one attached hydrogen (secondary N) is 1. The molecule has 5 rings (SSSR count).